The minimum absolute atomic E-state index is 0.807. The van der Waals surface area contributed by atoms with Crippen LogP contribution in [0.1, 0.15) is 23.2 Å². The van der Waals surface area contributed by atoms with Gasteiger partial charge in [0.25, 0.3) is 0 Å². The summed E-state index contributed by atoms with van der Waals surface area (Å²) in [5.41, 5.74) is 17.3. The Morgan fingerprint density at radius 1 is 0.517 bits per heavy atom. The zero-order valence-corrected chi connectivity index (χ0v) is 32.0. The Balaban J connectivity index is 1.12. The van der Waals surface area contributed by atoms with Gasteiger partial charge in [0, 0.05) is 50.8 Å². The molecule has 1 N–H and O–H groups in total. The summed E-state index contributed by atoms with van der Waals surface area (Å²) in [4.78, 5) is 2.53. The molecule has 0 amide bonds. The molecular weight excluding hydrogens is 703 g/mol. The van der Waals surface area contributed by atoms with Crippen LogP contribution in [0.4, 0.5) is 17.1 Å². The number of benzene rings is 8. The van der Waals surface area contributed by atoms with E-state index in [9.17, 15) is 0 Å². The van der Waals surface area contributed by atoms with E-state index < -0.39 is 0 Å². The molecule has 0 radical (unpaired) electrons. The van der Waals surface area contributed by atoms with Crippen LogP contribution in [0.15, 0.2) is 182 Å². The average molecular weight is 742 g/mol. The van der Waals surface area contributed by atoms with Crippen LogP contribution in [-0.2, 0) is 6.42 Å². The van der Waals surface area contributed by atoms with Crippen molar-refractivity contribution in [1.82, 2.24) is 9.88 Å². The molecule has 58 heavy (non-hydrogen) atoms. The highest BCUT2D eigenvalue weighted by Crippen LogP contribution is 2.55. The fourth-order valence-corrected chi connectivity index (χ4v) is 9.82. The van der Waals surface area contributed by atoms with Gasteiger partial charge in [-0.25, -0.2) is 0 Å². The predicted molar refractivity (Wildman–Crippen MR) is 243 cm³/mol. The van der Waals surface area contributed by atoms with Crippen LogP contribution in [0, 0.1) is 0 Å². The normalized spacial score (nSPS) is 13.8. The van der Waals surface area contributed by atoms with Gasteiger partial charge in [-0.05, 0) is 93.4 Å². The summed E-state index contributed by atoms with van der Waals surface area (Å²) in [6.45, 7) is 0.807. The number of para-hydroxylation sites is 2. The molecule has 8 aromatic carbocycles. The van der Waals surface area contributed by atoms with E-state index in [0.717, 1.165) is 19.4 Å². The molecule has 2 aliphatic heterocycles. The fraction of sp³-hybridized carbons (Fsp3) is 0.0545. The van der Waals surface area contributed by atoms with Crippen LogP contribution < -0.4 is 20.7 Å². The van der Waals surface area contributed by atoms with Crippen molar-refractivity contribution in [2.75, 3.05) is 11.4 Å². The third-order valence-electron chi connectivity index (χ3n) is 12.4. The lowest BCUT2D eigenvalue weighted by atomic mass is 9.92. The molecule has 0 saturated heterocycles. The van der Waals surface area contributed by atoms with Crippen LogP contribution in [0.5, 0.6) is 0 Å². The quantitative estimate of drug-likeness (QED) is 0.194. The predicted octanol–water partition coefficient (Wildman–Crippen LogP) is 12.1. The number of nitrogens with one attached hydrogen (secondary N) is 1. The molecule has 3 aliphatic rings. The number of hydrogen-bond acceptors (Lipinski definition) is 2. The van der Waals surface area contributed by atoms with E-state index in [1.54, 1.807) is 0 Å². The summed E-state index contributed by atoms with van der Waals surface area (Å²) in [5, 5.41) is 11.2. The van der Waals surface area contributed by atoms with E-state index >= 15 is 0 Å². The maximum atomic E-state index is 3.74. The van der Waals surface area contributed by atoms with E-state index in [-0.39, 0.29) is 0 Å². The van der Waals surface area contributed by atoms with Crippen molar-refractivity contribution in [2.45, 2.75) is 12.8 Å². The van der Waals surface area contributed by atoms with E-state index in [1.165, 1.54) is 111 Å². The van der Waals surface area contributed by atoms with Gasteiger partial charge in [-0.3, -0.25) is 0 Å². The highest BCUT2D eigenvalue weighted by Gasteiger charge is 2.34. The molecule has 0 saturated carbocycles. The van der Waals surface area contributed by atoms with E-state index in [0.29, 0.717) is 0 Å². The second kappa shape index (κ2) is 13.1. The first-order chi connectivity index (χ1) is 28.8. The molecule has 3 heterocycles. The second-order valence-corrected chi connectivity index (χ2v) is 15.6. The first-order valence-electron chi connectivity index (χ1n) is 20.4. The number of anilines is 3. The molecule has 1 aliphatic carbocycles. The molecule has 9 aromatic rings. The van der Waals surface area contributed by atoms with Crippen LogP contribution >= 0.6 is 0 Å². The van der Waals surface area contributed by atoms with Crippen molar-refractivity contribution in [3.05, 3.63) is 209 Å². The summed E-state index contributed by atoms with van der Waals surface area (Å²) in [6.07, 6.45) is 9.00. The highest BCUT2D eigenvalue weighted by atomic mass is 15.2. The Morgan fingerprint density at radius 3 is 2.16 bits per heavy atom. The van der Waals surface area contributed by atoms with Gasteiger partial charge in [-0.2, -0.15) is 0 Å². The Morgan fingerprint density at radius 2 is 1.26 bits per heavy atom. The number of nitrogens with zero attached hydrogens (tertiary/aromatic N) is 2. The monoisotopic (exact) mass is 741 g/mol. The summed E-state index contributed by atoms with van der Waals surface area (Å²) in [5.74, 6) is 0. The number of aromatic nitrogens is 1. The van der Waals surface area contributed by atoms with Crippen LogP contribution in [0.3, 0.4) is 0 Å². The molecule has 3 nitrogen and oxygen atoms in total. The number of hydrogen-bond donors (Lipinski definition) is 1. The largest absolute Gasteiger partial charge is 0.381 e. The maximum Gasteiger partial charge on any atom is 0.0637 e. The zero-order chi connectivity index (χ0) is 38.2. The molecule has 3 heteroatoms. The van der Waals surface area contributed by atoms with Crippen molar-refractivity contribution in [1.29, 1.82) is 0 Å². The Labute approximate surface area is 337 Å². The molecule has 12 rings (SSSR count). The second-order valence-electron chi connectivity index (χ2n) is 15.6. The van der Waals surface area contributed by atoms with Gasteiger partial charge in [0.05, 0.1) is 28.5 Å². The number of allylic oxidation sites excluding steroid dienone is 1. The first-order valence-corrected chi connectivity index (χ1v) is 20.4. The summed E-state index contributed by atoms with van der Waals surface area (Å²) in [7, 11) is 0. The van der Waals surface area contributed by atoms with Crippen molar-refractivity contribution < 1.29 is 0 Å². The molecule has 274 valence electrons. The Hall–Kier alpha value is -7.36. The van der Waals surface area contributed by atoms with Crippen molar-refractivity contribution >= 4 is 56.5 Å². The molecule has 0 bridgehead atoms. The molecule has 1 aromatic heterocycles. The molecule has 0 unspecified atom stereocenters. The van der Waals surface area contributed by atoms with E-state index in [4.69, 9.17) is 0 Å². The van der Waals surface area contributed by atoms with Gasteiger partial charge in [-0.1, -0.05) is 152 Å². The number of rotatable bonds is 4. The summed E-state index contributed by atoms with van der Waals surface area (Å²) in [6, 6.07) is 65.0. The third kappa shape index (κ3) is 5.00. The van der Waals surface area contributed by atoms with E-state index in [2.05, 4.69) is 209 Å². The van der Waals surface area contributed by atoms with Crippen LogP contribution in [0.2, 0.25) is 0 Å². The van der Waals surface area contributed by atoms with Crippen molar-refractivity contribution in [2.24, 2.45) is 0 Å². The Bertz CT molecular complexity index is 3290. The van der Waals surface area contributed by atoms with Crippen LogP contribution in [0.25, 0.3) is 78.6 Å². The zero-order valence-electron chi connectivity index (χ0n) is 32.0. The highest BCUT2D eigenvalue weighted by molar-refractivity contribution is 6.10. The lowest BCUT2D eigenvalue weighted by molar-refractivity contribution is 0.960. The van der Waals surface area contributed by atoms with Crippen molar-refractivity contribution in [3.63, 3.8) is 0 Å². The third-order valence-corrected chi connectivity index (χ3v) is 12.4. The SMILES string of the molecule is C1=Cc2c(c3c(n2-c2ccc4ccc(-c5ccccc5)cc4c2)-c2ccccc2N(c2ccc(C4=c5ccccc5=CCN4)c4ccccc24)c2ccccc2-3)CC1. The lowest BCUT2D eigenvalue weighted by Crippen LogP contribution is -2.37. The van der Waals surface area contributed by atoms with E-state index in [1.807, 2.05) is 0 Å². The average Bonchev–Trinajstić information content (AvgIpc) is 3.58. The maximum absolute atomic E-state index is 3.74. The van der Waals surface area contributed by atoms with Gasteiger partial charge >= 0.3 is 0 Å². The van der Waals surface area contributed by atoms with Gasteiger partial charge in [0.2, 0.25) is 0 Å². The number of fused-ring (bicyclic) bond motifs is 10. The lowest BCUT2D eigenvalue weighted by Gasteiger charge is -2.29. The first kappa shape index (κ1) is 32.8. The molecule has 0 fully saturated rings. The van der Waals surface area contributed by atoms with Gasteiger partial charge in [0.15, 0.2) is 0 Å². The molecule has 0 spiro atoms. The van der Waals surface area contributed by atoms with Crippen molar-refractivity contribution in [3.8, 4) is 39.2 Å². The molecule has 0 atom stereocenters. The van der Waals surface area contributed by atoms with Gasteiger partial charge in [0.1, 0.15) is 0 Å². The van der Waals surface area contributed by atoms with Gasteiger partial charge < -0.3 is 14.8 Å². The minimum Gasteiger partial charge on any atom is -0.381 e. The standard InChI is InChI=1S/C55H39N3/c1-2-14-36(15-3-1)39-27-26-37-28-29-41(35-40(37)34-39)57-49-23-11-8-20-46(49)53-47-21-9-12-24-50(47)58(51-25-13-10-22-48(51)55(53)57)52-31-30-45(43-18-6-7-19-44(43)52)54-42-17-5-4-16-38(42)32-33-56-54/h1-7,9-19,21-32,34-35,56H,8,20,33H2. The molecular formula is C55H39N3. The summed E-state index contributed by atoms with van der Waals surface area (Å²) >= 11 is 0. The fourth-order valence-electron chi connectivity index (χ4n) is 9.82. The summed E-state index contributed by atoms with van der Waals surface area (Å²) < 4.78 is 2.55. The minimum atomic E-state index is 0.807. The van der Waals surface area contributed by atoms with Gasteiger partial charge in [-0.15, -0.1) is 0 Å². The Kier molecular flexibility index (Phi) is 7.42. The smallest absolute Gasteiger partial charge is 0.0637 e. The topological polar surface area (TPSA) is 20.2 Å². The van der Waals surface area contributed by atoms with Crippen LogP contribution in [-0.4, -0.2) is 11.1 Å².